The standard InChI is InChI=1S/C20H23N3O2/c1-4-23(13-15-5-7-18-16(12-15)9-10-21-18)20(24)22-17-6-8-19(25-3)14(2)11-17/h5-12,21H,4,13H2,1-3H3,(H,22,24). The summed E-state index contributed by atoms with van der Waals surface area (Å²) in [5.41, 5.74) is 3.96. The molecule has 0 bridgehead atoms. The second kappa shape index (κ2) is 7.30. The molecule has 2 aromatic carbocycles. The van der Waals surface area contributed by atoms with Gasteiger partial charge in [-0.15, -0.1) is 0 Å². The normalized spacial score (nSPS) is 10.7. The molecule has 130 valence electrons. The van der Waals surface area contributed by atoms with Crippen LogP contribution in [0.1, 0.15) is 18.1 Å². The number of rotatable bonds is 5. The number of aryl methyl sites for hydroxylation is 1. The largest absolute Gasteiger partial charge is 0.496 e. The minimum absolute atomic E-state index is 0.110. The van der Waals surface area contributed by atoms with Gasteiger partial charge in [0.05, 0.1) is 7.11 Å². The quantitative estimate of drug-likeness (QED) is 0.718. The molecule has 3 rings (SSSR count). The second-order valence-corrected chi connectivity index (χ2v) is 6.03. The first-order valence-corrected chi connectivity index (χ1v) is 8.37. The zero-order valence-corrected chi connectivity index (χ0v) is 14.8. The second-order valence-electron chi connectivity index (χ2n) is 6.03. The maximum atomic E-state index is 12.6. The predicted octanol–water partition coefficient (Wildman–Crippen LogP) is 4.54. The van der Waals surface area contributed by atoms with Crippen LogP contribution in [-0.2, 0) is 6.54 Å². The van der Waals surface area contributed by atoms with E-state index in [2.05, 4.69) is 16.4 Å². The molecule has 0 saturated heterocycles. The van der Waals surface area contributed by atoms with Gasteiger partial charge >= 0.3 is 6.03 Å². The van der Waals surface area contributed by atoms with Gasteiger partial charge in [0, 0.05) is 30.5 Å². The van der Waals surface area contributed by atoms with E-state index >= 15 is 0 Å². The van der Waals surface area contributed by atoms with Gasteiger partial charge < -0.3 is 19.9 Å². The smallest absolute Gasteiger partial charge is 0.322 e. The molecule has 0 atom stereocenters. The molecule has 5 heteroatoms. The Hall–Kier alpha value is -2.95. The molecule has 2 N–H and O–H groups in total. The van der Waals surface area contributed by atoms with Crippen molar-refractivity contribution in [1.82, 2.24) is 9.88 Å². The molecule has 0 aliphatic rings. The van der Waals surface area contributed by atoms with E-state index in [4.69, 9.17) is 4.74 Å². The molecular weight excluding hydrogens is 314 g/mol. The number of urea groups is 1. The van der Waals surface area contributed by atoms with Crippen LogP contribution in [-0.4, -0.2) is 29.6 Å². The lowest BCUT2D eigenvalue weighted by molar-refractivity contribution is 0.212. The van der Waals surface area contributed by atoms with E-state index in [-0.39, 0.29) is 6.03 Å². The third-order valence-electron chi connectivity index (χ3n) is 4.31. The van der Waals surface area contributed by atoms with Crippen molar-refractivity contribution in [1.29, 1.82) is 0 Å². The number of aromatic nitrogens is 1. The van der Waals surface area contributed by atoms with Crippen LogP contribution in [0.25, 0.3) is 10.9 Å². The summed E-state index contributed by atoms with van der Waals surface area (Å²) in [4.78, 5) is 17.6. The molecule has 25 heavy (non-hydrogen) atoms. The predicted molar refractivity (Wildman–Crippen MR) is 101 cm³/mol. The summed E-state index contributed by atoms with van der Waals surface area (Å²) >= 11 is 0. The molecule has 0 spiro atoms. The Labute approximate surface area is 147 Å². The monoisotopic (exact) mass is 337 g/mol. The van der Waals surface area contributed by atoms with Gasteiger partial charge in [0.25, 0.3) is 0 Å². The average Bonchev–Trinajstić information content (AvgIpc) is 3.07. The van der Waals surface area contributed by atoms with Crippen molar-refractivity contribution in [2.45, 2.75) is 20.4 Å². The van der Waals surface area contributed by atoms with Crippen molar-refractivity contribution in [3.05, 3.63) is 59.8 Å². The van der Waals surface area contributed by atoms with Crippen molar-refractivity contribution < 1.29 is 9.53 Å². The lowest BCUT2D eigenvalue weighted by Gasteiger charge is -2.22. The number of nitrogens with one attached hydrogen (secondary N) is 2. The van der Waals surface area contributed by atoms with E-state index in [1.54, 1.807) is 12.0 Å². The van der Waals surface area contributed by atoms with E-state index in [1.807, 2.05) is 56.4 Å². The summed E-state index contributed by atoms with van der Waals surface area (Å²) in [5.74, 6) is 0.810. The van der Waals surface area contributed by atoms with E-state index in [0.717, 1.165) is 33.5 Å². The number of H-pyrrole nitrogens is 1. The lowest BCUT2D eigenvalue weighted by Crippen LogP contribution is -2.34. The van der Waals surface area contributed by atoms with Gasteiger partial charge in [-0.3, -0.25) is 0 Å². The molecular formula is C20H23N3O2. The first kappa shape index (κ1) is 16.9. The van der Waals surface area contributed by atoms with Crippen LogP contribution >= 0.6 is 0 Å². The summed E-state index contributed by atoms with van der Waals surface area (Å²) in [6.45, 7) is 5.14. The number of carbonyl (C=O) groups is 1. The van der Waals surface area contributed by atoms with Gasteiger partial charge in [0.2, 0.25) is 0 Å². The minimum atomic E-state index is -0.110. The summed E-state index contributed by atoms with van der Waals surface area (Å²) in [5, 5.41) is 4.12. The maximum absolute atomic E-state index is 12.6. The topological polar surface area (TPSA) is 57.4 Å². The number of hydrogen-bond donors (Lipinski definition) is 2. The molecule has 0 radical (unpaired) electrons. The van der Waals surface area contributed by atoms with E-state index in [9.17, 15) is 4.79 Å². The fourth-order valence-corrected chi connectivity index (χ4v) is 2.91. The number of anilines is 1. The Morgan fingerprint density at radius 1 is 1.20 bits per heavy atom. The molecule has 5 nitrogen and oxygen atoms in total. The highest BCUT2D eigenvalue weighted by Gasteiger charge is 2.13. The summed E-state index contributed by atoms with van der Waals surface area (Å²) in [6.07, 6.45) is 1.92. The summed E-state index contributed by atoms with van der Waals surface area (Å²) in [7, 11) is 1.64. The molecule has 1 aromatic heterocycles. The highest BCUT2D eigenvalue weighted by atomic mass is 16.5. The number of ether oxygens (including phenoxy) is 1. The number of amides is 2. The Morgan fingerprint density at radius 2 is 2.04 bits per heavy atom. The number of methoxy groups -OCH3 is 1. The van der Waals surface area contributed by atoms with Crippen LogP contribution in [0.5, 0.6) is 5.75 Å². The number of aromatic amines is 1. The number of hydrogen-bond acceptors (Lipinski definition) is 2. The Kier molecular flexibility index (Phi) is 4.93. The van der Waals surface area contributed by atoms with Crippen LogP contribution in [0.3, 0.4) is 0 Å². The molecule has 3 aromatic rings. The summed E-state index contributed by atoms with van der Waals surface area (Å²) < 4.78 is 5.26. The Morgan fingerprint density at radius 3 is 2.76 bits per heavy atom. The molecule has 0 fully saturated rings. The van der Waals surface area contributed by atoms with E-state index in [1.165, 1.54) is 0 Å². The maximum Gasteiger partial charge on any atom is 0.322 e. The number of benzene rings is 2. The number of fused-ring (bicyclic) bond motifs is 1. The SMILES string of the molecule is CCN(Cc1ccc2[nH]ccc2c1)C(=O)Nc1ccc(OC)c(C)c1. The fourth-order valence-electron chi connectivity index (χ4n) is 2.91. The highest BCUT2D eigenvalue weighted by molar-refractivity contribution is 5.89. The number of carbonyl (C=O) groups excluding carboxylic acids is 1. The Bertz CT molecular complexity index is 886. The van der Waals surface area contributed by atoms with Gasteiger partial charge in [0.15, 0.2) is 0 Å². The van der Waals surface area contributed by atoms with Crippen LogP contribution in [0.15, 0.2) is 48.7 Å². The molecule has 1 heterocycles. The van der Waals surface area contributed by atoms with Gasteiger partial charge in [-0.2, -0.15) is 0 Å². The first-order chi connectivity index (χ1) is 12.1. The van der Waals surface area contributed by atoms with Crippen LogP contribution in [0.2, 0.25) is 0 Å². The molecule has 2 amide bonds. The first-order valence-electron chi connectivity index (χ1n) is 8.37. The Balaban J connectivity index is 1.71. The van der Waals surface area contributed by atoms with Crippen LogP contribution in [0, 0.1) is 6.92 Å². The average molecular weight is 337 g/mol. The summed E-state index contributed by atoms with van der Waals surface area (Å²) in [6, 6.07) is 13.8. The molecule has 0 unspecified atom stereocenters. The van der Waals surface area contributed by atoms with Crippen molar-refractivity contribution in [3.63, 3.8) is 0 Å². The van der Waals surface area contributed by atoms with Gasteiger partial charge in [-0.25, -0.2) is 4.79 Å². The lowest BCUT2D eigenvalue weighted by atomic mass is 10.1. The minimum Gasteiger partial charge on any atom is -0.496 e. The van der Waals surface area contributed by atoms with Crippen molar-refractivity contribution in [2.24, 2.45) is 0 Å². The van der Waals surface area contributed by atoms with Crippen molar-refractivity contribution >= 4 is 22.6 Å². The third-order valence-corrected chi connectivity index (χ3v) is 4.31. The molecule has 0 aliphatic carbocycles. The van der Waals surface area contributed by atoms with E-state index in [0.29, 0.717) is 13.1 Å². The van der Waals surface area contributed by atoms with Gasteiger partial charge in [-0.1, -0.05) is 6.07 Å². The van der Waals surface area contributed by atoms with Crippen molar-refractivity contribution in [2.75, 3.05) is 19.0 Å². The zero-order chi connectivity index (χ0) is 17.8. The number of nitrogens with zero attached hydrogens (tertiary/aromatic N) is 1. The molecule has 0 saturated carbocycles. The molecule has 0 aliphatic heterocycles. The van der Waals surface area contributed by atoms with Crippen LogP contribution < -0.4 is 10.1 Å². The third kappa shape index (κ3) is 3.76. The van der Waals surface area contributed by atoms with Crippen LogP contribution in [0.4, 0.5) is 10.5 Å². The van der Waals surface area contributed by atoms with Gasteiger partial charge in [0.1, 0.15) is 5.75 Å². The zero-order valence-electron chi connectivity index (χ0n) is 14.8. The highest BCUT2D eigenvalue weighted by Crippen LogP contribution is 2.22. The fraction of sp³-hybridized carbons (Fsp3) is 0.250. The van der Waals surface area contributed by atoms with E-state index < -0.39 is 0 Å². The van der Waals surface area contributed by atoms with Gasteiger partial charge in [-0.05, 0) is 66.8 Å². The van der Waals surface area contributed by atoms with Crippen molar-refractivity contribution in [3.8, 4) is 5.75 Å².